The van der Waals surface area contributed by atoms with E-state index >= 15 is 0 Å². The standard InChI is InChI=1S/C24H18BNO2.C4H6/c27-25(28)19-12-15-24-22(16-19)21-8-4-5-9-23(21)26(24)20-13-10-18(11-14-20)17-6-2-1-3-7-17;1-3-4-2/h1-16,27-28H;3-4H,1-2H2. The van der Waals surface area contributed by atoms with Crippen LogP contribution in [-0.4, -0.2) is 21.7 Å². The average Bonchev–Trinajstić information content (AvgIpc) is 3.18. The smallest absolute Gasteiger partial charge is 0.423 e. The van der Waals surface area contributed by atoms with Gasteiger partial charge >= 0.3 is 7.12 Å². The maximum Gasteiger partial charge on any atom is 0.488 e. The van der Waals surface area contributed by atoms with Crippen molar-refractivity contribution in [2.24, 2.45) is 0 Å². The fraction of sp³-hybridized carbons (Fsp3) is 0. The fourth-order valence-electron chi connectivity index (χ4n) is 3.86. The van der Waals surface area contributed by atoms with Gasteiger partial charge in [0, 0.05) is 16.5 Å². The second-order valence-corrected chi connectivity index (χ2v) is 7.39. The topological polar surface area (TPSA) is 45.4 Å². The highest BCUT2D eigenvalue weighted by molar-refractivity contribution is 6.59. The minimum atomic E-state index is -1.48. The lowest BCUT2D eigenvalue weighted by atomic mass is 9.80. The second-order valence-electron chi connectivity index (χ2n) is 7.39. The van der Waals surface area contributed by atoms with E-state index in [1.54, 1.807) is 18.2 Å². The molecular formula is C28H24BNO2. The maximum atomic E-state index is 9.57. The Morgan fingerprint density at radius 1 is 0.625 bits per heavy atom. The van der Waals surface area contributed by atoms with Crippen molar-refractivity contribution in [2.75, 3.05) is 0 Å². The molecule has 2 N–H and O–H groups in total. The van der Waals surface area contributed by atoms with Gasteiger partial charge in [-0.15, -0.1) is 0 Å². The van der Waals surface area contributed by atoms with E-state index in [0.717, 1.165) is 27.5 Å². The zero-order valence-electron chi connectivity index (χ0n) is 17.7. The molecule has 0 amide bonds. The third kappa shape index (κ3) is 4.15. The molecule has 32 heavy (non-hydrogen) atoms. The van der Waals surface area contributed by atoms with Gasteiger partial charge in [0.1, 0.15) is 0 Å². The number of aromatic nitrogens is 1. The van der Waals surface area contributed by atoms with Crippen molar-refractivity contribution >= 4 is 34.4 Å². The lowest BCUT2D eigenvalue weighted by molar-refractivity contribution is 0.426. The first kappa shape index (κ1) is 21.4. The van der Waals surface area contributed by atoms with Crippen LogP contribution in [0.15, 0.2) is 122 Å². The monoisotopic (exact) mass is 417 g/mol. The van der Waals surface area contributed by atoms with Crippen LogP contribution in [0.5, 0.6) is 0 Å². The highest BCUT2D eigenvalue weighted by Crippen LogP contribution is 2.32. The van der Waals surface area contributed by atoms with E-state index in [1.807, 2.05) is 42.5 Å². The normalized spacial score (nSPS) is 10.4. The van der Waals surface area contributed by atoms with Crippen molar-refractivity contribution in [2.45, 2.75) is 0 Å². The van der Waals surface area contributed by atoms with Crippen LogP contribution >= 0.6 is 0 Å². The third-order valence-corrected chi connectivity index (χ3v) is 5.39. The molecule has 0 radical (unpaired) electrons. The van der Waals surface area contributed by atoms with E-state index in [0.29, 0.717) is 5.46 Å². The van der Waals surface area contributed by atoms with Crippen molar-refractivity contribution in [3.63, 3.8) is 0 Å². The predicted octanol–water partition coefficient (Wildman–Crippen LogP) is 5.49. The summed E-state index contributed by atoms with van der Waals surface area (Å²) in [6, 6.07) is 32.6. The van der Waals surface area contributed by atoms with Crippen LogP contribution in [0.4, 0.5) is 0 Å². The zero-order chi connectivity index (χ0) is 22.5. The van der Waals surface area contributed by atoms with Crippen molar-refractivity contribution < 1.29 is 10.0 Å². The van der Waals surface area contributed by atoms with Crippen molar-refractivity contribution in [1.82, 2.24) is 4.57 Å². The number of benzene rings is 4. The summed E-state index contributed by atoms with van der Waals surface area (Å²) < 4.78 is 2.22. The number of hydrogen-bond donors (Lipinski definition) is 2. The van der Waals surface area contributed by atoms with Gasteiger partial charge in [0.25, 0.3) is 0 Å². The molecule has 0 unspecified atom stereocenters. The minimum absolute atomic E-state index is 0.495. The van der Waals surface area contributed by atoms with E-state index in [1.165, 1.54) is 11.1 Å². The summed E-state index contributed by atoms with van der Waals surface area (Å²) in [4.78, 5) is 0. The van der Waals surface area contributed by atoms with Crippen LogP contribution < -0.4 is 5.46 Å². The summed E-state index contributed by atoms with van der Waals surface area (Å²) in [5.74, 6) is 0. The third-order valence-electron chi connectivity index (χ3n) is 5.39. The molecule has 5 rings (SSSR count). The molecule has 4 heteroatoms. The maximum absolute atomic E-state index is 9.57. The number of fused-ring (bicyclic) bond motifs is 3. The summed E-state index contributed by atoms with van der Waals surface area (Å²) in [5.41, 5.74) is 6.07. The van der Waals surface area contributed by atoms with Crippen LogP contribution in [0.3, 0.4) is 0 Å². The van der Waals surface area contributed by atoms with E-state index in [9.17, 15) is 10.0 Å². The number of nitrogens with zero attached hydrogens (tertiary/aromatic N) is 1. The average molecular weight is 417 g/mol. The van der Waals surface area contributed by atoms with Gasteiger partial charge in [-0.25, -0.2) is 0 Å². The van der Waals surface area contributed by atoms with Crippen LogP contribution in [-0.2, 0) is 0 Å². The second kappa shape index (κ2) is 9.52. The van der Waals surface area contributed by atoms with Gasteiger partial charge in [0.15, 0.2) is 0 Å². The Morgan fingerprint density at radius 3 is 1.88 bits per heavy atom. The lowest BCUT2D eigenvalue weighted by Crippen LogP contribution is -2.29. The molecule has 0 spiro atoms. The van der Waals surface area contributed by atoms with Crippen LogP contribution in [0.2, 0.25) is 0 Å². The lowest BCUT2D eigenvalue weighted by Gasteiger charge is -2.09. The fourth-order valence-corrected chi connectivity index (χ4v) is 3.86. The van der Waals surface area contributed by atoms with Gasteiger partial charge in [-0.3, -0.25) is 0 Å². The summed E-state index contributed by atoms with van der Waals surface area (Å²) in [7, 11) is -1.48. The number of allylic oxidation sites excluding steroid dienone is 2. The molecule has 0 atom stereocenters. The Hall–Kier alpha value is -3.86. The number of hydrogen-bond acceptors (Lipinski definition) is 2. The largest absolute Gasteiger partial charge is 0.488 e. The molecule has 4 aromatic carbocycles. The molecule has 0 fully saturated rings. The molecule has 3 nitrogen and oxygen atoms in total. The van der Waals surface area contributed by atoms with Gasteiger partial charge in [-0.2, -0.15) is 0 Å². The first-order valence-electron chi connectivity index (χ1n) is 10.4. The molecule has 1 heterocycles. The summed E-state index contributed by atoms with van der Waals surface area (Å²) >= 11 is 0. The Labute approximate surface area is 188 Å². The van der Waals surface area contributed by atoms with Gasteiger partial charge < -0.3 is 14.6 Å². The number of rotatable bonds is 4. The summed E-state index contributed by atoms with van der Waals surface area (Å²) in [6.07, 6.45) is 3.28. The van der Waals surface area contributed by atoms with Gasteiger partial charge in [-0.05, 0) is 40.9 Å². The molecule has 0 aliphatic rings. The molecule has 0 bridgehead atoms. The van der Waals surface area contributed by atoms with E-state index in [-0.39, 0.29) is 0 Å². The van der Waals surface area contributed by atoms with E-state index in [4.69, 9.17) is 0 Å². The molecule has 5 aromatic rings. The SMILES string of the molecule is C=CC=C.OB(O)c1ccc2c(c1)c1ccccc1n2-c1ccc(-c2ccccc2)cc1. The van der Waals surface area contributed by atoms with Gasteiger partial charge in [0.05, 0.1) is 11.0 Å². The summed E-state index contributed by atoms with van der Waals surface area (Å²) in [6.45, 7) is 6.72. The van der Waals surface area contributed by atoms with Gasteiger partial charge in [-0.1, -0.05) is 98.1 Å². The van der Waals surface area contributed by atoms with Crippen molar-refractivity contribution in [3.05, 3.63) is 122 Å². The summed E-state index contributed by atoms with van der Waals surface area (Å²) in [5, 5.41) is 21.2. The molecule has 0 saturated heterocycles. The first-order chi connectivity index (χ1) is 15.6. The first-order valence-corrected chi connectivity index (χ1v) is 10.4. The zero-order valence-corrected chi connectivity index (χ0v) is 17.7. The minimum Gasteiger partial charge on any atom is -0.423 e. The van der Waals surface area contributed by atoms with E-state index < -0.39 is 7.12 Å². The Kier molecular flexibility index (Phi) is 6.36. The van der Waals surface area contributed by atoms with Crippen LogP contribution in [0, 0.1) is 0 Å². The molecule has 1 aromatic heterocycles. The highest BCUT2D eigenvalue weighted by atomic mass is 16.4. The van der Waals surface area contributed by atoms with Crippen molar-refractivity contribution in [3.8, 4) is 16.8 Å². The van der Waals surface area contributed by atoms with Crippen molar-refractivity contribution in [1.29, 1.82) is 0 Å². The molecular weight excluding hydrogens is 393 g/mol. The van der Waals surface area contributed by atoms with Gasteiger partial charge in [0.2, 0.25) is 0 Å². The van der Waals surface area contributed by atoms with E-state index in [2.05, 4.69) is 66.3 Å². The van der Waals surface area contributed by atoms with Crippen LogP contribution in [0.25, 0.3) is 38.6 Å². The van der Waals surface area contributed by atoms with Crippen LogP contribution in [0.1, 0.15) is 0 Å². The highest BCUT2D eigenvalue weighted by Gasteiger charge is 2.16. The Balaban J connectivity index is 0.000000567. The molecule has 0 saturated carbocycles. The Bertz CT molecular complexity index is 1360. The molecule has 0 aliphatic heterocycles. The molecule has 0 aliphatic carbocycles. The molecule has 156 valence electrons. The Morgan fingerprint density at radius 2 is 1.22 bits per heavy atom. The number of para-hydroxylation sites is 1. The predicted molar refractivity (Wildman–Crippen MR) is 136 cm³/mol. The quantitative estimate of drug-likeness (QED) is 0.300.